The molecular weight excluding hydrogens is 236 g/mol. The number of H-pyrrole nitrogens is 1. The maximum Gasteiger partial charge on any atom is 0.0979 e. The van der Waals surface area contributed by atoms with E-state index in [1.165, 1.54) is 10.9 Å². The Labute approximate surface area is 112 Å². The van der Waals surface area contributed by atoms with Crippen molar-refractivity contribution in [3.05, 3.63) is 41.2 Å². The molecule has 0 amide bonds. The summed E-state index contributed by atoms with van der Waals surface area (Å²) in [6.07, 6.45) is 0. The van der Waals surface area contributed by atoms with Crippen LogP contribution in [-0.4, -0.2) is 14.8 Å². The first-order chi connectivity index (χ1) is 9.13. The van der Waals surface area contributed by atoms with Crippen molar-refractivity contribution in [3.63, 3.8) is 0 Å². The summed E-state index contributed by atoms with van der Waals surface area (Å²) in [4.78, 5) is 3.42. The molecule has 0 unspecified atom stereocenters. The molecule has 0 spiro atoms. The third-order valence-corrected chi connectivity index (χ3v) is 3.75. The molecule has 3 rings (SSSR count). The van der Waals surface area contributed by atoms with E-state index in [4.69, 9.17) is 5.73 Å². The van der Waals surface area contributed by atoms with Crippen LogP contribution < -0.4 is 5.73 Å². The van der Waals surface area contributed by atoms with E-state index in [0.717, 1.165) is 28.2 Å². The summed E-state index contributed by atoms with van der Waals surface area (Å²) in [5.41, 5.74) is 12.5. The average Bonchev–Trinajstić information content (AvgIpc) is 2.85. The Morgan fingerprint density at radius 2 is 2.00 bits per heavy atom. The Morgan fingerprint density at radius 1 is 1.26 bits per heavy atom. The lowest BCUT2D eigenvalue weighted by atomic mass is 10.0. The van der Waals surface area contributed by atoms with Crippen LogP contribution in [0.4, 0.5) is 0 Å². The van der Waals surface area contributed by atoms with Gasteiger partial charge in [-0.1, -0.05) is 18.2 Å². The predicted molar refractivity (Wildman–Crippen MR) is 77.9 cm³/mol. The van der Waals surface area contributed by atoms with Gasteiger partial charge in [-0.05, 0) is 25.5 Å². The quantitative estimate of drug-likeness (QED) is 0.738. The van der Waals surface area contributed by atoms with Gasteiger partial charge in [0.2, 0.25) is 0 Å². The van der Waals surface area contributed by atoms with Crippen molar-refractivity contribution in [1.82, 2.24) is 14.8 Å². The van der Waals surface area contributed by atoms with Gasteiger partial charge in [0.05, 0.1) is 11.4 Å². The number of nitrogens with one attached hydrogen (secondary N) is 1. The number of nitrogens with zero attached hydrogens (tertiary/aromatic N) is 2. The lowest BCUT2D eigenvalue weighted by Gasteiger charge is -2.00. The molecule has 3 aromatic rings. The number of fused-ring (bicyclic) bond motifs is 1. The fraction of sp³-hybridized carbons (Fsp3) is 0.267. The van der Waals surface area contributed by atoms with Crippen LogP contribution >= 0.6 is 0 Å². The highest BCUT2D eigenvalue weighted by Gasteiger charge is 2.18. The van der Waals surface area contributed by atoms with E-state index in [1.807, 2.05) is 17.8 Å². The van der Waals surface area contributed by atoms with Crippen LogP contribution in [0.5, 0.6) is 0 Å². The first-order valence-electron chi connectivity index (χ1n) is 6.43. The van der Waals surface area contributed by atoms with Crippen molar-refractivity contribution in [3.8, 4) is 11.3 Å². The van der Waals surface area contributed by atoms with E-state index < -0.39 is 0 Å². The fourth-order valence-electron chi connectivity index (χ4n) is 2.77. The number of aromatic amines is 1. The summed E-state index contributed by atoms with van der Waals surface area (Å²) in [6.45, 7) is 4.69. The summed E-state index contributed by atoms with van der Waals surface area (Å²) in [5, 5.41) is 5.86. The highest BCUT2D eigenvalue weighted by molar-refractivity contribution is 5.97. The van der Waals surface area contributed by atoms with Gasteiger partial charge in [-0.15, -0.1) is 0 Å². The van der Waals surface area contributed by atoms with Gasteiger partial charge in [0.1, 0.15) is 0 Å². The number of benzene rings is 1. The number of aryl methyl sites for hydroxylation is 2. The molecule has 0 atom stereocenters. The standard InChI is InChI=1S/C15H18N4/c1-9-13(8-16)19(3)18-15(9)14-10(2)17-12-7-5-4-6-11(12)14/h4-7,17H,8,16H2,1-3H3. The monoisotopic (exact) mass is 254 g/mol. The second-order valence-corrected chi connectivity index (χ2v) is 4.92. The van der Waals surface area contributed by atoms with Crippen molar-refractivity contribution >= 4 is 10.9 Å². The minimum Gasteiger partial charge on any atom is -0.358 e. The number of nitrogens with two attached hydrogens (primary N) is 1. The minimum absolute atomic E-state index is 0.511. The van der Waals surface area contributed by atoms with Gasteiger partial charge in [-0.2, -0.15) is 5.10 Å². The van der Waals surface area contributed by atoms with Gasteiger partial charge in [0.25, 0.3) is 0 Å². The van der Waals surface area contributed by atoms with Crippen LogP contribution in [0.2, 0.25) is 0 Å². The molecule has 0 aliphatic rings. The average molecular weight is 254 g/mol. The lowest BCUT2D eigenvalue weighted by Crippen LogP contribution is -2.05. The maximum absolute atomic E-state index is 5.80. The van der Waals surface area contributed by atoms with Gasteiger partial charge in [0, 0.05) is 35.8 Å². The Kier molecular flexibility index (Phi) is 2.68. The molecule has 98 valence electrons. The molecule has 0 saturated heterocycles. The highest BCUT2D eigenvalue weighted by atomic mass is 15.3. The predicted octanol–water partition coefficient (Wildman–Crippen LogP) is 2.64. The molecule has 4 nitrogen and oxygen atoms in total. The van der Waals surface area contributed by atoms with Gasteiger partial charge < -0.3 is 10.7 Å². The molecule has 0 aliphatic carbocycles. The Morgan fingerprint density at radius 3 is 2.68 bits per heavy atom. The van der Waals surface area contributed by atoms with Crippen molar-refractivity contribution in [1.29, 1.82) is 0 Å². The van der Waals surface area contributed by atoms with E-state index in [2.05, 4.69) is 42.1 Å². The summed E-state index contributed by atoms with van der Waals surface area (Å²) in [7, 11) is 1.95. The normalized spacial score (nSPS) is 11.4. The van der Waals surface area contributed by atoms with E-state index in [0.29, 0.717) is 6.54 Å². The summed E-state index contributed by atoms with van der Waals surface area (Å²) >= 11 is 0. The van der Waals surface area contributed by atoms with Crippen molar-refractivity contribution < 1.29 is 0 Å². The maximum atomic E-state index is 5.80. The van der Waals surface area contributed by atoms with Crippen molar-refractivity contribution in [2.24, 2.45) is 12.8 Å². The molecular formula is C15H18N4. The van der Waals surface area contributed by atoms with Crippen LogP contribution in [0.15, 0.2) is 24.3 Å². The highest BCUT2D eigenvalue weighted by Crippen LogP contribution is 2.33. The third kappa shape index (κ3) is 1.68. The zero-order valence-corrected chi connectivity index (χ0v) is 11.5. The molecule has 2 heterocycles. The Hall–Kier alpha value is -2.07. The molecule has 0 fully saturated rings. The summed E-state index contributed by atoms with van der Waals surface area (Å²) < 4.78 is 1.88. The Bertz CT molecular complexity index is 749. The van der Waals surface area contributed by atoms with E-state index in [1.54, 1.807) is 0 Å². The van der Waals surface area contributed by atoms with Crippen LogP contribution in [0.3, 0.4) is 0 Å². The van der Waals surface area contributed by atoms with E-state index in [9.17, 15) is 0 Å². The van der Waals surface area contributed by atoms with E-state index in [-0.39, 0.29) is 0 Å². The van der Waals surface area contributed by atoms with Crippen molar-refractivity contribution in [2.75, 3.05) is 0 Å². The molecule has 1 aromatic carbocycles. The molecule has 0 radical (unpaired) electrons. The second-order valence-electron chi connectivity index (χ2n) is 4.92. The second kappa shape index (κ2) is 4.24. The third-order valence-electron chi connectivity index (χ3n) is 3.75. The number of hydrogen-bond acceptors (Lipinski definition) is 2. The number of para-hydroxylation sites is 1. The van der Waals surface area contributed by atoms with Crippen molar-refractivity contribution in [2.45, 2.75) is 20.4 Å². The van der Waals surface area contributed by atoms with Crippen LogP contribution in [0.25, 0.3) is 22.2 Å². The largest absolute Gasteiger partial charge is 0.358 e. The van der Waals surface area contributed by atoms with Gasteiger partial charge in [-0.25, -0.2) is 0 Å². The van der Waals surface area contributed by atoms with Gasteiger partial charge >= 0.3 is 0 Å². The minimum atomic E-state index is 0.511. The first-order valence-corrected chi connectivity index (χ1v) is 6.43. The number of aromatic nitrogens is 3. The zero-order valence-electron chi connectivity index (χ0n) is 11.5. The molecule has 0 bridgehead atoms. The molecule has 3 N–H and O–H groups in total. The first kappa shape index (κ1) is 12.0. The van der Waals surface area contributed by atoms with Crippen LogP contribution in [-0.2, 0) is 13.6 Å². The SMILES string of the molecule is Cc1[nH]c2ccccc2c1-c1nn(C)c(CN)c1C. The molecule has 4 heteroatoms. The molecule has 0 aliphatic heterocycles. The zero-order chi connectivity index (χ0) is 13.6. The molecule has 0 saturated carbocycles. The topological polar surface area (TPSA) is 59.6 Å². The molecule has 2 aromatic heterocycles. The van der Waals surface area contributed by atoms with Gasteiger partial charge in [0.15, 0.2) is 0 Å². The van der Waals surface area contributed by atoms with E-state index >= 15 is 0 Å². The van der Waals surface area contributed by atoms with Gasteiger partial charge in [-0.3, -0.25) is 4.68 Å². The fourth-order valence-corrected chi connectivity index (χ4v) is 2.77. The Balaban J connectivity index is 2.33. The summed E-state index contributed by atoms with van der Waals surface area (Å²) in [5.74, 6) is 0. The van der Waals surface area contributed by atoms with Crippen LogP contribution in [0, 0.1) is 13.8 Å². The smallest absolute Gasteiger partial charge is 0.0979 e. The summed E-state index contributed by atoms with van der Waals surface area (Å²) in [6, 6.07) is 8.32. The van der Waals surface area contributed by atoms with Crippen LogP contribution in [0.1, 0.15) is 17.0 Å². The molecule has 19 heavy (non-hydrogen) atoms. The number of rotatable bonds is 2. The number of hydrogen-bond donors (Lipinski definition) is 2. The lowest BCUT2D eigenvalue weighted by molar-refractivity contribution is 0.712.